The van der Waals surface area contributed by atoms with E-state index in [1.165, 1.54) is 18.5 Å². The Kier molecular flexibility index (Phi) is 8.11. The van der Waals surface area contributed by atoms with Gasteiger partial charge >= 0.3 is 0 Å². The molecule has 0 amide bonds. The molecule has 40 heavy (non-hydrogen) atoms. The van der Waals surface area contributed by atoms with Gasteiger partial charge in [-0.2, -0.15) is 0 Å². The van der Waals surface area contributed by atoms with Crippen molar-refractivity contribution in [3.63, 3.8) is 0 Å². The number of primary sulfonamides is 1. The molecule has 0 spiro atoms. The third-order valence-corrected chi connectivity index (χ3v) is 8.15. The molecule has 3 aromatic carbocycles. The van der Waals surface area contributed by atoms with E-state index in [9.17, 15) is 12.8 Å². The minimum absolute atomic E-state index is 0.201. The summed E-state index contributed by atoms with van der Waals surface area (Å²) >= 11 is 0. The van der Waals surface area contributed by atoms with Crippen molar-refractivity contribution in [2.45, 2.75) is 24.7 Å². The highest BCUT2D eigenvalue weighted by atomic mass is 32.2. The van der Waals surface area contributed by atoms with Gasteiger partial charge in [0, 0.05) is 22.9 Å². The molecule has 4 aromatic rings. The zero-order valence-corrected chi connectivity index (χ0v) is 23.3. The lowest BCUT2D eigenvalue weighted by molar-refractivity contribution is 0.159. The molecule has 1 saturated heterocycles. The minimum Gasteiger partial charge on any atom is -0.493 e. The molecule has 1 aliphatic heterocycles. The van der Waals surface area contributed by atoms with Crippen LogP contribution in [0.4, 0.5) is 15.9 Å². The second kappa shape index (κ2) is 11.7. The van der Waals surface area contributed by atoms with E-state index in [1.807, 2.05) is 25.1 Å². The predicted octanol–water partition coefficient (Wildman–Crippen LogP) is 5.37. The summed E-state index contributed by atoms with van der Waals surface area (Å²) in [4.78, 5) is 10.6. The van der Waals surface area contributed by atoms with Crippen LogP contribution in [0, 0.1) is 18.7 Å². The Hall–Kier alpha value is -3.86. The monoisotopic (exact) mass is 561 g/mol. The van der Waals surface area contributed by atoms with Crippen LogP contribution in [0.15, 0.2) is 78.0 Å². The topological polar surface area (TPSA) is 110 Å². The van der Waals surface area contributed by atoms with E-state index in [2.05, 4.69) is 33.3 Å². The molecule has 0 bridgehead atoms. The van der Waals surface area contributed by atoms with Crippen LogP contribution in [0.1, 0.15) is 18.4 Å². The van der Waals surface area contributed by atoms with E-state index in [1.54, 1.807) is 24.3 Å². The summed E-state index contributed by atoms with van der Waals surface area (Å²) in [5.74, 6) is 1.18. The third kappa shape index (κ3) is 6.47. The summed E-state index contributed by atoms with van der Waals surface area (Å²) in [6.07, 6.45) is 3.82. The summed E-state index contributed by atoms with van der Waals surface area (Å²) in [5.41, 5.74) is 4.20. The SMILES string of the molecule is Cc1cc(-c2cc(Nc3ccc(-c4cccc(F)c4S(N)(=O)=O)cc3)ncn2)ccc1OCC1CCN(C)CC1. The van der Waals surface area contributed by atoms with Crippen LogP contribution in [0.25, 0.3) is 22.4 Å². The van der Waals surface area contributed by atoms with Crippen molar-refractivity contribution in [3.05, 3.63) is 84.4 Å². The molecule has 1 aliphatic rings. The number of anilines is 2. The number of ether oxygens (including phenoxy) is 1. The van der Waals surface area contributed by atoms with Gasteiger partial charge in [0.25, 0.3) is 0 Å². The standard InChI is InChI=1S/C30H32FN5O3S/c1-20-16-23(8-11-28(20)39-18-21-12-14-36(2)15-13-21)27-17-29(34-19-33-27)35-24-9-6-22(7-10-24)25-4-3-5-26(31)30(25)40(32,37)38/h3-11,16-17,19,21H,12-15,18H2,1-2H3,(H2,32,37,38)(H,33,34,35). The highest BCUT2D eigenvalue weighted by Crippen LogP contribution is 2.31. The van der Waals surface area contributed by atoms with E-state index < -0.39 is 20.7 Å². The van der Waals surface area contributed by atoms with Crippen LogP contribution in [0.3, 0.4) is 0 Å². The number of nitrogens with one attached hydrogen (secondary N) is 1. The molecule has 2 heterocycles. The quantitative estimate of drug-likeness (QED) is 0.298. The largest absolute Gasteiger partial charge is 0.493 e. The third-order valence-electron chi connectivity index (χ3n) is 7.17. The first kappa shape index (κ1) is 27.7. The number of hydrogen-bond acceptors (Lipinski definition) is 7. The maximum atomic E-state index is 14.3. The van der Waals surface area contributed by atoms with Gasteiger partial charge in [0.15, 0.2) is 0 Å². The number of rotatable bonds is 8. The summed E-state index contributed by atoms with van der Waals surface area (Å²) in [6.45, 7) is 5.01. The van der Waals surface area contributed by atoms with Gasteiger partial charge in [-0.1, -0.05) is 24.3 Å². The smallest absolute Gasteiger partial charge is 0.241 e. The number of aryl methyl sites for hydroxylation is 1. The highest BCUT2D eigenvalue weighted by Gasteiger charge is 2.20. The zero-order valence-electron chi connectivity index (χ0n) is 22.5. The Morgan fingerprint density at radius 1 is 1.02 bits per heavy atom. The number of sulfonamides is 1. The number of hydrogen-bond donors (Lipinski definition) is 2. The fraction of sp³-hybridized carbons (Fsp3) is 0.267. The first-order valence-electron chi connectivity index (χ1n) is 13.1. The molecule has 10 heteroatoms. The molecule has 208 valence electrons. The number of likely N-dealkylation sites (tertiary alicyclic amines) is 1. The molecule has 3 N–H and O–H groups in total. The van der Waals surface area contributed by atoms with E-state index in [-0.39, 0.29) is 5.56 Å². The maximum Gasteiger partial charge on any atom is 0.241 e. The average molecular weight is 562 g/mol. The summed E-state index contributed by atoms with van der Waals surface area (Å²) in [7, 11) is -2.08. The van der Waals surface area contributed by atoms with Gasteiger partial charge in [-0.05, 0) is 93.3 Å². The number of nitrogens with zero attached hydrogens (tertiary/aromatic N) is 3. The number of piperidine rings is 1. The van der Waals surface area contributed by atoms with Crippen LogP contribution in [-0.2, 0) is 10.0 Å². The molecule has 0 atom stereocenters. The van der Waals surface area contributed by atoms with E-state index >= 15 is 0 Å². The lowest BCUT2D eigenvalue weighted by atomic mass is 9.98. The van der Waals surface area contributed by atoms with E-state index in [0.29, 0.717) is 17.3 Å². The second-order valence-electron chi connectivity index (χ2n) is 10.2. The highest BCUT2D eigenvalue weighted by molar-refractivity contribution is 7.89. The normalized spacial score (nSPS) is 14.7. The molecule has 5 rings (SSSR count). The maximum absolute atomic E-state index is 14.3. The van der Waals surface area contributed by atoms with Gasteiger partial charge in [-0.15, -0.1) is 0 Å². The van der Waals surface area contributed by atoms with Gasteiger partial charge in [0.1, 0.15) is 28.6 Å². The molecular weight excluding hydrogens is 529 g/mol. The summed E-state index contributed by atoms with van der Waals surface area (Å²) in [6, 6.07) is 18.9. The number of benzene rings is 3. The molecular formula is C30H32FN5O3S. The van der Waals surface area contributed by atoms with Gasteiger partial charge in [-0.25, -0.2) is 27.9 Å². The number of nitrogens with two attached hydrogens (primary N) is 1. The van der Waals surface area contributed by atoms with Gasteiger partial charge in [-0.3, -0.25) is 0 Å². The van der Waals surface area contributed by atoms with E-state index in [0.717, 1.165) is 66.9 Å². The first-order chi connectivity index (χ1) is 19.2. The lowest BCUT2D eigenvalue weighted by Crippen LogP contribution is -2.32. The lowest BCUT2D eigenvalue weighted by Gasteiger charge is -2.28. The van der Waals surface area contributed by atoms with Crippen LogP contribution >= 0.6 is 0 Å². The van der Waals surface area contributed by atoms with Crippen LogP contribution in [0.5, 0.6) is 5.75 Å². The van der Waals surface area contributed by atoms with Crippen molar-refractivity contribution in [2.24, 2.45) is 11.1 Å². The van der Waals surface area contributed by atoms with Gasteiger partial charge in [0.2, 0.25) is 10.0 Å². The Bertz CT molecular complexity index is 1600. The van der Waals surface area contributed by atoms with Crippen LogP contribution in [-0.4, -0.2) is 50.0 Å². The van der Waals surface area contributed by atoms with Crippen molar-refractivity contribution < 1.29 is 17.5 Å². The predicted molar refractivity (Wildman–Crippen MR) is 154 cm³/mol. The Morgan fingerprint density at radius 2 is 1.75 bits per heavy atom. The summed E-state index contributed by atoms with van der Waals surface area (Å²) < 4.78 is 44.3. The average Bonchev–Trinajstić information content (AvgIpc) is 2.93. The number of aromatic nitrogens is 2. The Balaban J connectivity index is 1.28. The molecule has 0 saturated carbocycles. The second-order valence-corrected chi connectivity index (χ2v) is 11.7. The Morgan fingerprint density at radius 3 is 2.45 bits per heavy atom. The van der Waals surface area contributed by atoms with Crippen molar-refractivity contribution in [2.75, 3.05) is 32.1 Å². The fourth-order valence-corrected chi connectivity index (χ4v) is 5.73. The van der Waals surface area contributed by atoms with E-state index in [4.69, 9.17) is 9.88 Å². The van der Waals surface area contributed by atoms with Crippen molar-refractivity contribution in [3.8, 4) is 28.1 Å². The molecule has 1 aromatic heterocycles. The molecule has 0 aliphatic carbocycles. The van der Waals surface area contributed by atoms with Gasteiger partial charge in [0.05, 0.1) is 12.3 Å². The molecule has 0 radical (unpaired) electrons. The Labute approximate surface area is 234 Å². The zero-order chi connectivity index (χ0) is 28.3. The van der Waals surface area contributed by atoms with Gasteiger partial charge < -0.3 is 15.0 Å². The minimum atomic E-state index is -4.24. The molecule has 8 nitrogen and oxygen atoms in total. The van der Waals surface area contributed by atoms with Crippen molar-refractivity contribution in [1.29, 1.82) is 0 Å². The summed E-state index contributed by atoms with van der Waals surface area (Å²) in [5, 5.41) is 8.49. The van der Waals surface area contributed by atoms with Crippen LogP contribution in [0.2, 0.25) is 0 Å². The van der Waals surface area contributed by atoms with Crippen molar-refractivity contribution >= 4 is 21.5 Å². The van der Waals surface area contributed by atoms with Crippen LogP contribution < -0.4 is 15.2 Å². The fourth-order valence-electron chi connectivity index (χ4n) is 4.90. The van der Waals surface area contributed by atoms with Crippen molar-refractivity contribution in [1.82, 2.24) is 14.9 Å². The molecule has 0 unspecified atom stereocenters. The number of halogens is 1. The molecule has 1 fully saturated rings. The first-order valence-corrected chi connectivity index (χ1v) is 14.7.